The van der Waals surface area contributed by atoms with Gasteiger partial charge in [0.2, 0.25) is 0 Å². The molecule has 2 unspecified atom stereocenters. The van der Waals surface area contributed by atoms with E-state index >= 15 is 0 Å². The number of hydrogen-bond acceptors (Lipinski definition) is 2. The molecule has 0 amide bonds. The van der Waals surface area contributed by atoms with Crippen LogP contribution in [0.5, 0.6) is 0 Å². The molecule has 4 rings (SSSR count). The lowest BCUT2D eigenvalue weighted by atomic mass is 9.75. The number of hydrogen-bond donors (Lipinski definition) is 0. The van der Waals surface area contributed by atoms with Crippen molar-refractivity contribution in [3.63, 3.8) is 0 Å². The lowest BCUT2D eigenvalue weighted by Gasteiger charge is -2.48. The molecule has 2 saturated heterocycles. The van der Waals surface area contributed by atoms with Crippen LogP contribution in [0.2, 0.25) is 0 Å². The van der Waals surface area contributed by atoms with Crippen molar-refractivity contribution in [2.45, 2.75) is 63.6 Å². The Morgan fingerprint density at radius 3 is 2.33 bits per heavy atom. The Kier molecular flexibility index (Phi) is 5.68. The van der Waals surface area contributed by atoms with E-state index in [0.717, 1.165) is 19.4 Å². The number of benzene rings is 2. The second-order valence-electron chi connectivity index (χ2n) is 8.12. The van der Waals surface area contributed by atoms with Crippen LogP contribution in [-0.4, -0.2) is 22.8 Å². The molecule has 2 heterocycles. The lowest BCUT2D eigenvalue weighted by Crippen LogP contribution is -2.52. The van der Waals surface area contributed by atoms with Gasteiger partial charge in [-0.1, -0.05) is 55.0 Å². The molecule has 0 spiro atoms. The first-order valence-corrected chi connectivity index (χ1v) is 10.3. The molecule has 2 aromatic carbocycles. The quantitative estimate of drug-likeness (QED) is 0.705. The van der Waals surface area contributed by atoms with Gasteiger partial charge in [0, 0.05) is 31.0 Å². The number of Topliss-reactive ketones (excluding diaryl/α,β-unsaturated/α-hetero) is 1. The minimum atomic E-state index is -0.195. The molecule has 142 valence electrons. The van der Waals surface area contributed by atoms with Gasteiger partial charge in [0.15, 0.2) is 0 Å². The normalized spacial score (nSPS) is 25.3. The summed E-state index contributed by atoms with van der Waals surface area (Å²) in [5.74, 6) is 0.286. The molecule has 27 heavy (non-hydrogen) atoms. The smallest absolute Gasteiger partial charge is 0.136 e. The Bertz CT molecular complexity index is 761. The second kappa shape index (κ2) is 8.35. The molecule has 0 N–H and O–H groups in total. The van der Waals surface area contributed by atoms with Gasteiger partial charge in [-0.2, -0.15) is 0 Å². The second-order valence-corrected chi connectivity index (χ2v) is 8.12. The molecule has 0 saturated carbocycles. The topological polar surface area (TPSA) is 20.3 Å². The fraction of sp³-hybridized carbons (Fsp3) is 0.458. The predicted octanol–water partition coefficient (Wildman–Crippen LogP) is 5.16. The Hall–Kier alpha value is -2.00. The highest BCUT2D eigenvalue weighted by molar-refractivity contribution is 5.81. The van der Waals surface area contributed by atoms with Crippen LogP contribution in [0.1, 0.15) is 49.7 Å². The zero-order chi connectivity index (χ0) is 18.6. The predicted molar refractivity (Wildman–Crippen MR) is 106 cm³/mol. The van der Waals surface area contributed by atoms with Crippen molar-refractivity contribution in [3.05, 3.63) is 71.5 Å². The van der Waals surface area contributed by atoms with Gasteiger partial charge in [0.05, 0.1) is 0 Å². The zero-order valence-corrected chi connectivity index (χ0v) is 15.8. The zero-order valence-electron chi connectivity index (χ0n) is 15.8. The fourth-order valence-electron chi connectivity index (χ4n) is 4.96. The number of halogens is 1. The Balaban J connectivity index is 1.37. The monoisotopic (exact) mass is 365 g/mol. The number of fused-ring (bicyclic) bond motifs is 2. The summed E-state index contributed by atoms with van der Waals surface area (Å²) >= 11 is 0. The first-order valence-electron chi connectivity index (χ1n) is 10.3. The first-order chi connectivity index (χ1) is 13.2. The number of carbonyl (C=O) groups is 1. The molecule has 2 nitrogen and oxygen atoms in total. The van der Waals surface area contributed by atoms with E-state index in [2.05, 4.69) is 35.2 Å². The third-order valence-electron chi connectivity index (χ3n) is 6.39. The highest BCUT2D eigenvalue weighted by Gasteiger charge is 2.40. The maximum Gasteiger partial charge on any atom is 0.136 e. The fourth-order valence-corrected chi connectivity index (χ4v) is 4.96. The molecule has 2 aliphatic rings. The first kappa shape index (κ1) is 18.4. The largest absolute Gasteiger partial charge is 0.299 e. The van der Waals surface area contributed by atoms with Crippen molar-refractivity contribution in [3.8, 4) is 0 Å². The van der Waals surface area contributed by atoms with Gasteiger partial charge < -0.3 is 0 Å². The van der Waals surface area contributed by atoms with Crippen molar-refractivity contribution in [1.82, 2.24) is 4.90 Å². The van der Waals surface area contributed by atoms with E-state index in [1.807, 2.05) is 6.07 Å². The Morgan fingerprint density at radius 1 is 0.963 bits per heavy atom. The third-order valence-corrected chi connectivity index (χ3v) is 6.39. The number of carbonyl (C=O) groups excluding carboxylic acids is 1. The van der Waals surface area contributed by atoms with Gasteiger partial charge in [-0.05, 0) is 49.3 Å². The highest BCUT2D eigenvalue weighted by Crippen LogP contribution is 2.38. The maximum absolute atomic E-state index is 13.8. The summed E-state index contributed by atoms with van der Waals surface area (Å²) in [6, 6.07) is 18.5. The summed E-state index contributed by atoms with van der Waals surface area (Å²) in [5.41, 5.74) is 2.02. The van der Waals surface area contributed by atoms with E-state index in [1.54, 1.807) is 12.1 Å². The highest BCUT2D eigenvalue weighted by atomic mass is 19.1. The van der Waals surface area contributed by atoms with Crippen molar-refractivity contribution in [2.24, 2.45) is 5.92 Å². The van der Waals surface area contributed by atoms with Crippen LogP contribution >= 0.6 is 0 Å². The summed E-state index contributed by atoms with van der Waals surface area (Å²) < 4.78 is 13.8. The lowest BCUT2D eigenvalue weighted by molar-refractivity contribution is -0.127. The van der Waals surface area contributed by atoms with Gasteiger partial charge >= 0.3 is 0 Å². The van der Waals surface area contributed by atoms with Crippen molar-refractivity contribution < 1.29 is 9.18 Å². The SMILES string of the molecule is O=C(CCc1ccccc1F)C1CC2CCCC(C1)N2Cc1ccccc1. The summed E-state index contributed by atoms with van der Waals surface area (Å²) in [7, 11) is 0. The van der Waals surface area contributed by atoms with Crippen molar-refractivity contribution in [2.75, 3.05) is 0 Å². The molecule has 2 atom stereocenters. The minimum Gasteiger partial charge on any atom is -0.299 e. The van der Waals surface area contributed by atoms with Gasteiger partial charge in [-0.25, -0.2) is 4.39 Å². The number of ketones is 1. The van der Waals surface area contributed by atoms with Crippen LogP contribution < -0.4 is 0 Å². The standard InChI is InChI=1S/C24H28FNO/c25-23-12-5-4-9-19(23)13-14-24(27)20-15-21-10-6-11-22(16-20)26(21)17-18-7-2-1-3-8-18/h1-5,7-9,12,20-22H,6,10-11,13-17H2. The molecule has 2 fully saturated rings. The van der Waals surface area contributed by atoms with Gasteiger partial charge in [-0.3, -0.25) is 9.69 Å². The minimum absolute atomic E-state index is 0.152. The molecule has 2 bridgehead atoms. The van der Waals surface area contributed by atoms with E-state index in [0.29, 0.717) is 36.3 Å². The van der Waals surface area contributed by atoms with E-state index in [-0.39, 0.29) is 11.7 Å². The van der Waals surface area contributed by atoms with Gasteiger partial charge in [0.25, 0.3) is 0 Å². The number of piperidine rings is 2. The van der Waals surface area contributed by atoms with E-state index < -0.39 is 0 Å². The Morgan fingerprint density at radius 2 is 1.63 bits per heavy atom. The molecule has 0 aliphatic carbocycles. The average molecular weight is 365 g/mol. The molecule has 2 aliphatic heterocycles. The molecular formula is C24H28FNO. The van der Waals surface area contributed by atoms with Crippen molar-refractivity contribution in [1.29, 1.82) is 0 Å². The van der Waals surface area contributed by atoms with Gasteiger partial charge in [0.1, 0.15) is 11.6 Å². The number of nitrogens with zero attached hydrogens (tertiary/aromatic N) is 1. The van der Waals surface area contributed by atoms with Crippen LogP contribution in [0.3, 0.4) is 0 Å². The summed E-state index contributed by atoms with van der Waals surface area (Å²) in [5, 5.41) is 0. The number of rotatable bonds is 6. The average Bonchev–Trinajstić information content (AvgIpc) is 2.68. The molecule has 0 radical (unpaired) electrons. The van der Waals surface area contributed by atoms with Crippen LogP contribution in [0.4, 0.5) is 4.39 Å². The van der Waals surface area contributed by atoms with Crippen LogP contribution in [-0.2, 0) is 17.8 Å². The summed E-state index contributed by atoms with van der Waals surface area (Å²) in [6.07, 6.45) is 6.59. The molecule has 2 aromatic rings. The third kappa shape index (κ3) is 4.30. The van der Waals surface area contributed by atoms with Gasteiger partial charge in [-0.15, -0.1) is 0 Å². The van der Waals surface area contributed by atoms with Crippen LogP contribution in [0.25, 0.3) is 0 Å². The number of aryl methyl sites for hydroxylation is 1. The summed E-state index contributed by atoms with van der Waals surface area (Å²) in [4.78, 5) is 15.5. The van der Waals surface area contributed by atoms with Crippen LogP contribution in [0.15, 0.2) is 54.6 Å². The maximum atomic E-state index is 13.8. The van der Waals surface area contributed by atoms with E-state index in [4.69, 9.17) is 0 Å². The summed E-state index contributed by atoms with van der Waals surface area (Å²) in [6.45, 7) is 0.992. The molecule has 3 heteroatoms. The van der Waals surface area contributed by atoms with E-state index in [9.17, 15) is 9.18 Å². The molecular weight excluding hydrogens is 337 g/mol. The van der Waals surface area contributed by atoms with Crippen LogP contribution in [0, 0.1) is 11.7 Å². The Labute approximate surface area is 161 Å². The van der Waals surface area contributed by atoms with E-state index in [1.165, 1.54) is 30.9 Å². The van der Waals surface area contributed by atoms with Crippen molar-refractivity contribution >= 4 is 5.78 Å². The molecule has 0 aromatic heterocycles.